The molecule has 5 rings (SSSR count). The quantitative estimate of drug-likeness (QED) is 0.213. The van der Waals surface area contributed by atoms with Crippen LogP contribution in [0.4, 0.5) is 33.6 Å². The van der Waals surface area contributed by atoms with Crippen molar-refractivity contribution in [3.63, 3.8) is 0 Å². The minimum atomic E-state index is -4.53. The second-order valence-corrected chi connectivity index (χ2v) is 9.18. The van der Waals surface area contributed by atoms with Crippen molar-refractivity contribution < 1.29 is 22.0 Å². The number of pyridine rings is 1. The van der Waals surface area contributed by atoms with Crippen LogP contribution >= 0.6 is 11.6 Å². The molecule has 0 aliphatic rings. The summed E-state index contributed by atoms with van der Waals surface area (Å²) in [6, 6.07) is 9.37. The van der Waals surface area contributed by atoms with Crippen LogP contribution in [0, 0.1) is 23.5 Å². The van der Waals surface area contributed by atoms with E-state index in [0.29, 0.717) is 12.3 Å². The fourth-order valence-corrected chi connectivity index (χ4v) is 4.30. The van der Waals surface area contributed by atoms with Gasteiger partial charge in [-0.05, 0) is 42.3 Å². The normalized spacial score (nSPS) is 11.3. The molecule has 0 atom stereocenters. The molecule has 212 valence electrons. The number of alkyl halides is 3. The third-order valence-corrected chi connectivity index (χ3v) is 6.26. The van der Waals surface area contributed by atoms with E-state index >= 15 is 0 Å². The van der Waals surface area contributed by atoms with E-state index in [4.69, 9.17) is 17.3 Å². The Labute approximate surface area is 239 Å². The molecule has 14 heteroatoms. The first kappa shape index (κ1) is 28.4. The van der Waals surface area contributed by atoms with E-state index in [1.54, 1.807) is 12.1 Å². The van der Waals surface area contributed by atoms with Crippen molar-refractivity contribution in [2.24, 2.45) is 0 Å². The summed E-state index contributed by atoms with van der Waals surface area (Å²) >= 11 is 6.25. The van der Waals surface area contributed by atoms with Crippen molar-refractivity contribution in [2.75, 3.05) is 17.6 Å². The Bertz CT molecular complexity index is 1910. The Hall–Kier alpha value is -5.09. The number of fused-ring (bicyclic) bond motifs is 1. The lowest BCUT2D eigenvalue weighted by Gasteiger charge is -2.15. The molecule has 0 saturated heterocycles. The first-order valence-corrected chi connectivity index (χ1v) is 12.5. The van der Waals surface area contributed by atoms with Crippen molar-refractivity contribution in [3.05, 3.63) is 111 Å². The topological polar surface area (TPSA) is 112 Å². The van der Waals surface area contributed by atoms with Gasteiger partial charge in [0.25, 0.3) is 5.56 Å². The summed E-state index contributed by atoms with van der Waals surface area (Å²) in [5.74, 6) is 3.93. The summed E-state index contributed by atoms with van der Waals surface area (Å²) < 4.78 is 67.7. The van der Waals surface area contributed by atoms with E-state index in [9.17, 15) is 26.7 Å². The number of nitrogen functional groups attached to an aromatic ring is 1. The molecular weight excluding hydrogens is 581 g/mol. The molecule has 0 fully saturated rings. The average Bonchev–Trinajstić information content (AvgIpc) is 2.92. The third-order valence-electron chi connectivity index (χ3n) is 5.95. The van der Waals surface area contributed by atoms with Gasteiger partial charge in [-0.15, -0.1) is 0 Å². The molecule has 0 unspecified atom stereocenters. The molecule has 8 nitrogen and oxygen atoms in total. The van der Waals surface area contributed by atoms with Gasteiger partial charge in [0.2, 0.25) is 0 Å². The highest BCUT2D eigenvalue weighted by molar-refractivity contribution is 6.35. The number of nitrogens with zero attached hydrogens (tertiary/aromatic N) is 5. The Morgan fingerprint density at radius 3 is 2.45 bits per heavy atom. The van der Waals surface area contributed by atoms with E-state index < -0.39 is 28.9 Å². The second kappa shape index (κ2) is 11.4. The molecule has 0 amide bonds. The number of nitrogens with one attached hydrogen (secondary N) is 1. The van der Waals surface area contributed by atoms with Gasteiger partial charge in [-0.3, -0.25) is 9.36 Å². The molecule has 0 spiro atoms. The molecule has 42 heavy (non-hydrogen) atoms. The summed E-state index contributed by atoms with van der Waals surface area (Å²) in [5, 5.41) is 3.23. The highest BCUT2D eigenvalue weighted by Crippen LogP contribution is 2.28. The lowest BCUT2D eigenvalue weighted by atomic mass is 10.2. The minimum absolute atomic E-state index is 0.00229. The van der Waals surface area contributed by atoms with Gasteiger partial charge in [-0.25, -0.2) is 28.7 Å². The molecule has 2 aromatic carbocycles. The predicted octanol–water partition coefficient (Wildman–Crippen LogP) is 5.16. The number of nitrogens with two attached hydrogens (primary N) is 1. The van der Waals surface area contributed by atoms with Crippen molar-refractivity contribution in [1.82, 2.24) is 24.5 Å². The molecule has 0 saturated carbocycles. The summed E-state index contributed by atoms with van der Waals surface area (Å²) in [6.45, 7) is 0.0972. The Balaban J connectivity index is 1.46. The van der Waals surface area contributed by atoms with Crippen LogP contribution in [0.25, 0.3) is 16.6 Å². The molecule has 0 bridgehead atoms. The van der Waals surface area contributed by atoms with Gasteiger partial charge >= 0.3 is 6.18 Å². The third kappa shape index (κ3) is 5.98. The number of hydrogen-bond acceptors (Lipinski definition) is 7. The van der Waals surface area contributed by atoms with Crippen molar-refractivity contribution in [3.8, 4) is 17.5 Å². The van der Waals surface area contributed by atoms with Crippen molar-refractivity contribution >= 4 is 34.1 Å². The van der Waals surface area contributed by atoms with Crippen LogP contribution in [0.2, 0.25) is 5.02 Å². The summed E-state index contributed by atoms with van der Waals surface area (Å²) in [5.41, 5.74) is 4.86. The zero-order chi connectivity index (χ0) is 30.0. The summed E-state index contributed by atoms with van der Waals surface area (Å²) in [4.78, 5) is 29.7. The van der Waals surface area contributed by atoms with E-state index in [2.05, 4.69) is 37.1 Å². The van der Waals surface area contributed by atoms with Gasteiger partial charge in [-0.1, -0.05) is 23.6 Å². The molecule has 0 aliphatic carbocycles. The fraction of sp³-hybridized carbons (Fsp3) is 0.107. The summed E-state index contributed by atoms with van der Waals surface area (Å²) in [7, 11) is 0. The monoisotopic (exact) mass is 597 g/mol. The van der Waals surface area contributed by atoms with E-state index in [-0.39, 0.29) is 63.3 Å². The first-order chi connectivity index (χ1) is 20.0. The molecule has 3 N–H and O–H groups in total. The highest BCUT2D eigenvalue weighted by atomic mass is 35.5. The lowest BCUT2D eigenvalue weighted by molar-refractivity contribution is -0.137. The van der Waals surface area contributed by atoms with E-state index in [1.165, 1.54) is 12.4 Å². The van der Waals surface area contributed by atoms with Crippen LogP contribution in [0.3, 0.4) is 0 Å². The maximum Gasteiger partial charge on any atom is 0.417 e. The first-order valence-electron chi connectivity index (χ1n) is 12.1. The predicted molar refractivity (Wildman–Crippen MR) is 146 cm³/mol. The number of rotatable bonds is 5. The SMILES string of the molecule is Nc1ncnc(NCCc2nc3cccc(Cl)c3c(=O)n2-c2cc(F)cc(F)c2)c1C#Cc1ccc(C(F)(F)F)cn1. The molecule has 5 aromatic rings. The van der Waals surface area contributed by atoms with Crippen molar-refractivity contribution in [2.45, 2.75) is 12.6 Å². The van der Waals surface area contributed by atoms with Crippen LogP contribution in [0.5, 0.6) is 0 Å². The van der Waals surface area contributed by atoms with Crippen LogP contribution in [0.1, 0.15) is 22.6 Å². The van der Waals surface area contributed by atoms with Gasteiger partial charge in [0, 0.05) is 25.2 Å². The van der Waals surface area contributed by atoms with Crippen LogP contribution in [-0.4, -0.2) is 31.0 Å². The number of halogens is 6. The zero-order valence-corrected chi connectivity index (χ0v) is 21.9. The molecule has 0 radical (unpaired) electrons. The Morgan fingerprint density at radius 1 is 1.00 bits per heavy atom. The minimum Gasteiger partial charge on any atom is -0.382 e. The lowest BCUT2D eigenvalue weighted by Crippen LogP contribution is -2.26. The van der Waals surface area contributed by atoms with E-state index in [1.807, 2.05) is 0 Å². The number of anilines is 2. The highest BCUT2D eigenvalue weighted by Gasteiger charge is 2.30. The number of aromatic nitrogens is 5. The molecule has 3 heterocycles. The molecule has 0 aliphatic heterocycles. The zero-order valence-electron chi connectivity index (χ0n) is 21.2. The largest absolute Gasteiger partial charge is 0.417 e. The standard InChI is InChI=1S/C28H17ClF5N7O/c29-21-2-1-3-22-24(21)27(42)41(19-11-16(30)10-17(31)12-19)23(40-22)8-9-36-26-20(25(35)38-14-39-26)7-6-18-5-4-15(13-37-18)28(32,33)34/h1-5,10-14H,8-9H2,(H3,35,36,38,39). The van der Waals surface area contributed by atoms with Crippen LogP contribution in [0.15, 0.2) is 65.8 Å². The number of benzene rings is 2. The van der Waals surface area contributed by atoms with E-state index in [0.717, 1.165) is 28.8 Å². The van der Waals surface area contributed by atoms with Crippen molar-refractivity contribution in [1.29, 1.82) is 0 Å². The molecular formula is C28H17ClF5N7O. The average molecular weight is 598 g/mol. The van der Waals surface area contributed by atoms with Gasteiger partial charge in [0.1, 0.15) is 46.7 Å². The maximum atomic E-state index is 14.1. The fourth-order valence-electron chi connectivity index (χ4n) is 4.05. The van der Waals surface area contributed by atoms with Gasteiger partial charge < -0.3 is 11.1 Å². The number of hydrogen-bond donors (Lipinski definition) is 2. The maximum absolute atomic E-state index is 14.1. The van der Waals surface area contributed by atoms with Gasteiger partial charge in [-0.2, -0.15) is 13.2 Å². The summed E-state index contributed by atoms with van der Waals surface area (Å²) in [6.07, 6.45) is -2.62. The Morgan fingerprint density at radius 2 is 1.76 bits per heavy atom. The smallest absolute Gasteiger partial charge is 0.382 e. The van der Waals surface area contributed by atoms with Crippen LogP contribution < -0.4 is 16.6 Å². The Kier molecular flexibility index (Phi) is 7.73. The molecule has 3 aromatic heterocycles. The second-order valence-electron chi connectivity index (χ2n) is 8.77. The van der Waals surface area contributed by atoms with Crippen LogP contribution in [-0.2, 0) is 12.6 Å². The van der Waals surface area contributed by atoms with Gasteiger partial charge in [0.15, 0.2) is 0 Å². The van der Waals surface area contributed by atoms with Gasteiger partial charge in [0.05, 0.1) is 27.2 Å².